The Labute approximate surface area is 190 Å². The van der Waals surface area contributed by atoms with Crippen LogP contribution in [0.4, 0.5) is 0 Å². The van der Waals surface area contributed by atoms with Gasteiger partial charge in [-0.25, -0.2) is 4.98 Å². The average Bonchev–Trinajstić information content (AvgIpc) is 3.36. The number of hydrogen-bond donors (Lipinski definition) is 1. The zero-order valence-corrected chi connectivity index (χ0v) is 18.7. The van der Waals surface area contributed by atoms with Crippen molar-refractivity contribution >= 4 is 33.6 Å². The molecule has 0 atom stereocenters. The van der Waals surface area contributed by atoms with Crippen LogP contribution in [0.3, 0.4) is 0 Å². The van der Waals surface area contributed by atoms with Gasteiger partial charge in [-0.1, -0.05) is 42.5 Å². The molecule has 0 aliphatic carbocycles. The molecule has 0 aliphatic rings. The van der Waals surface area contributed by atoms with E-state index in [9.17, 15) is 9.59 Å². The number of aromatic nitrogens is 4. The van der Waals surface area contributed by atoms with Crippen molar-refractivity contribution in [2.45, 2.75) is 13.5 Å². The van der Waals surface area contributed by atoms with Crippen LogP contribution in [-0.2, 0) is 6.54 Å². The van der Waals surface area contributed by atoms with E-state index in [1.165, 1.54) is 4.90 Å². The lowest BCUT2D eigenvalue weighted by Gasteiger charge is -2.11. The smallest absolute Gasteiger partial charge is 0.270 e. The highest BCUT2D eigenvalue weighted by Gasteiger charge is 2.25. The third-order valence-corrected chi connectivity index (χ3v) is 5.85. The standard InChI is InChI=1S/C26H23N5O2/c1-16-28-21-14-27-13-12-22(21)31(16)15-17-8-10-18(11-9-17)25(32)23-19-6-4-5-7-20(19)29-24(23)26(33)30(2)3/h4-14,29H,15H2,1-3H3. The van der Waals surface area contributed by atoms with Gasteiger partial charge in [-0.3, -0.25) is 14.6 Å². The van der Waals surface area contributed by atoms with Crippen molar-refractivity contribution in [1.82, 2.24) is 24.4 Å². The van der Waals surface area contributed by atoms with Crippen molar-refractivity contribution in [3.05, 3.63) is 95.2 Å². The van der Waals surface area contributed by atoms with Crippen molar-refractivity contribution in [1.29, 1.82) is 0 Å². The zero-order valence-electron chi connectivity index (χ0n) is 18.7. The number of H-pyrrole nitrogens is 1. The molecule has 7 heteroatoms. The molecule has 0 saturated heterocycles. The summed E-state index contributed by atoms with van der Waals surface area (Å²) in [5.74, 6) is 0.492. The van der Waals surface area contributed by atoms with E-state index in [0.29, 0.717) is 23.4 Å². The Bertz CT molecular complexity index is 1510. The summed E-state index contributed by atoms with van der Waals surface area (Å²) < 4.78 is 2.13. The molecule has 3 heterocycles. The van der Waals surface area contributed by atoms with Crippen LogP contribution in [0.1, 0.15) is 37.8 Å². The minimum atomic E-state index is -0.233. The zero-order chi connectivity index (χ0) is 23.1. The van der Waals surface area contributed by atoms with Gasteiger partial charge in [0.2, 0.25) is 0 Å². The fraction of sp³-hybridized carbons (Fsp3) is 0.154. The molecule has 0 spiro atoms. The summed E-state index contributed by atoms with van der Waals surface area (Å²) in [4.78, 5) is 39.6. The molecule has 0 fully saturated rings. The molecular formula is C26H23N5O2. The number of nitrogens with one attached hydrogen (secondary N) is 1. The summed E-state index contributed by atoms with van der Waals surface area (Å²) in [6.45, 7) is 2.61. The monoisotopic (exact) mass is 437 g/mol. The van der Waals surface area contributed by atoms with E-state index in [-0.39, 0.29) is 11.7 Å². The lowest BCUT2D eigenvalue weighted by atomic mass is 9.98. The second-order valence-corrected chi connectivity index (χ2v) is 8.26. The molecule has 0 aliphatic heterocycles. The van der Waals surface area contributed by atoms with Crippen LogP contribution in [0.5, 0.6) is 0 Å². The summed E-state index contributed by atoms with van der Waals surface area (Å²) in [7, 11) is 3.35. The Morgan fingerprint density at radius 3 is 2.55 bits per heavy atom. The predicted molar refractivity (Wildman–Crippen MR) is 128 cm³/mol. The van der Waals surface area contributed by atoms with Crippen LogP contribution in [0.15, 0.2) is 67.0 Å². The molecule has 33 heavy (non-hydrogen) atoms. The predicted octanol–water partition coefficient (Wildman–Crippen LogP) is 4.20. The van der Waals surface area contributed by atoms with Gasteiger partial charge in [0.1, 0.15) is 17.0 Å². The fourth-order valence-corrected chi connectivity index (χ4v) is 4.15. The Balaban J connectivity index is 1.49. The summed E-state index contributed by atoms with van der Waals surface area (Å²) in [6, 6.07) is 17.0. The Morgan fingerprint density at radius 1 is 1.03 bits per heavy atom. The second-order valence-electron chi connectivity index (χ2n) is 8.26. The number of carbonyl (C=O) groups excluding carboxylic acids is 2. The van der Waals surface area contributed by atoms with Gasteiger partial charge in [-0.2, -0.15) is 0 Å². The SMILES string of the molecule is Cc1nc2cnccc2n1Cc1ccc(C(=O)c2c(C(=O)N(C)C)[nH]c3ccccc23)cc1. The number of amides is 1. The molecule has 0 bridgehead atoms. The van der Waals surface area contributed by atoms with Crippen LogP contribution >= 0.6 is 0 Å². The van der Waals surface area contributed by atoms with Gasteiger partial charge in [-0.15, -0.1) is 0 Å². The fourth-order valence-electron chi connectivity index (χ4n) is 4.15. The molecule has 164 valence electrons. The number of rotatable bonds is 5. The Morgan fingerprint density at radius 2 is 1.79 bits per heavy atom. The highest BCUT2D eigenvalue weighted by molar-refractivity contribution is 6.21. The van der Waals surface area contributed by atoms with Gasteiger partial charge in [0.25, 0.3) is 5.91 Å². The first-order valence-corrected chi connectivity index (χ1v) is 10.7. The van der Waals surface area contributed by atoms with E-state index in [1.807, 2.05) is 61.5 Å². The minimum absolute atomic E-state index is 0.181. The van der Waals surface area contributed by atoms with E-state index in [4.69, 9.17) is 0 Å². The molecule has 0 saturated carbocycles. The first kappa shape index (κ1) is 20.6. The number of ketones is 1. The van der Waals surface area contributed by atoms with Crippen molar-refractivity contribution in [2.24, 2.45) is 0 Å². The lowest BCUT2D eigenvalue weighted by Crippen LogP contribution is -2.24. The van der Waals surface area contributed by atoms with Crippen LogP contribution in [0.25, 0.3) is 21.9 Å². The van der Waals surface area contributed by atoms with Crippen molar-refractivity contribution in [3.8, 4) is 0 Å². The Hall–Kier alpha value is -4.26. The summed E-state index contributed by atoms with van der Waals surface area (Å²) in [6.07, 6.45) is 3.52. The van der Waals surface area contributed by atoms with Crippen LogP contribution in [-0.4, -0.2) is 50.2 Å². The van der Waals surface area contributed by atoms with Gasteiger partial charge in [0.05, 0.1) is 17.3 Å². The molecule has 3 aromatic heterocycles. The maximum Gasteiger partial charge on any atom is 0.270 e. The summed E-state index contributed by atoms with van der Waals surface area (Å²) in [5.41, 5.74) is 4.94. The molecule has 7 nitrogen and oxygen atoms in total. The number of nitrogens with zero attached hydrogens (tertiary/aromatic N) is 4. The third kappa shape index (κ3) is 3.57. The van der Waals surface area contributed by atoms with E-state index >= 15 is 0 Å². The lowest BCUT2D eigenvalue weighted by molar-refractivity contribution is 0.0817. The molecule has 0 unspecified atom stereocenters. The number of imidazole rings is 1. The minimum Gasteiger partial charge on any atom is -0.350 e. The van der Waals surface area contributed by atoms with Crippen LogP contribution < -0.4 is 0 Å². The van der Waals surface area contributed by atoms with Crippen molar-refractivity contribution < 1.29 is 9.59 Å². The second kappa shape index (κ2) is 8.02. The van der Waals surface area contributed by atoms with E-state index in [0.717, 1.165) is 33.3 Å². The Kier molecular flexibility index (Phi) is 5.01. The van der Waals surface area contributed by atoms with Gasteiger partial charge in [0, 0.05) is 43.3 Å². The van der Waals surface area contributed by atoms with E-state index in [1.54, 1.807) is 26.5 Å². The molecule has 5 rings (SSSR count). The largest absolute Gasteiger partial charge is 0.350 e. The van der Waals surface area contributed by atoms with Gasteiger partial charge >= 0.3 is 0 Å². The third-order valence-electron chi connectivity index (χ3n) is 5.85. The highest BCUT2D eigenvalue weighted by atomic mass is 16.2. The van der Waals surface area contributed by atoms with E-state index < -0.39 is 0 Å². The quantitative estimate of drug-likeness (QED) is 0.418. The van der Waals surface area contributed by atoms with Crippen molar-refractivity contribution in [3.63, 3.8) is 0 Å². The number of fused-ring (bicyclic) bond motifs is 2. The maximum absolute atomic E-state index is 13.5. The molecule has 2 aromatic carbocycles. The summed E-state index contributed by atoms with van der Waals surface area (Å²) in [5, 5.41) is 0.742. The molecule has 0 radical (unpaired) electrons. The van der Waals surface area contributed by atoms with Crippen LogP contribution in [0.2, 0.25) is 0 Å². The first-order valence-electron chi connectivity index (χ1n) is 10.7. The number of benzene rings is 2. The number of para-hydroxylation sites is 1. The number of carbonyl (C=O) groups is 2. The molecule has 1 amide bonds. The summed E-state index contributed by atoms with van der Waals surface area (Å²) >= 11 is 0. The number of pyridine rings is 1. The number of aryl methyl sites for hydroxylation is 1. The molecular weight excluding hydrogens is 414 g/mol. The molecule has 1 N–H and O–H groups in total. The van der Waals surface area contributed by atoms with E-state index in [2.05, 4.69) is 19.5 Å². The topological polar surface area (TPSA) is 83.9 Å². The van der Waals surface area contributed by atoms with Crippen LogP contribution in [0, 0.1) is 6.92 Å². The van der Waals surface area contributed by atoms with Crippen molar-refractivity contribution in [2.75, 3.05) is 14.1 Å². The highest BCUT2D eigenvalue weighted by Crippen LogP contribution is 2.26. The van der Waals surface area contributed by atoms with Gasteiger partial charge in [-0.05, 0) is 24.6 Å². The van der Waals surface area contributed by atoms with Gasteiger partial charge < -0.3 is 14.5 Å². The molecule has 5 aromatic rings. The number of aromatic amines is 1. The first-order chi connectivity index (χ1) is 15.9. The maximum atomic E-state index is 13.5. The van der Waals surface area contributed by atoms with Gasteiger partial charge in [0.15, 0.2) is 5.78 Å². The average molecular weight is 438 g/mol. The normalized spacial score (nSPS) is 11.2. The number of hydrogen-bond acceptors (Lipinski definition) is 4.